The number of likely N-dealkylation sites (tertiary alicyclic amines) is 1. The molecule has 3 aliphatic rings. The largest absolute Gasteiger partial charge is 0.381 e. The zero-order valence-electron chi connectivity index (χ0n) is 24.0. The standard InChI is InChI=1S/C29H46N6O4/c1-5-35-17-25(21(4)33-35)30-26(36)18-34-13-11-29(12-14-34)10-7-6-8-22-19-39-15-9-23(22)31-27(37)24(16-20(2)3)32-28(29)38/h6-7,17,20,22-24H,5,8-16,18-19H2,1-4H3,(H,30,36)(H,31,37)(H,32,38)/b7-6-/t22-,23+,24-/m1/s1. The van der Waals surface area contributed by atoms with Gasteiger partial charge in [-0.2, -0.15) is 5.10 Å². The third kappa shape index (κ3) is 7.48. The molecule has 1 aromatic rings. The molecule has 3 aliphatic heterocycles. The van der Waals surface area contributed by atoms with Crippen molar-refractivity contribution in [3.63, 3.8) is 0 Å². The Bertz CT molecular complexity index is 1040. The lowest BCUT2D eigenvalue weighted by Crippen LogP contribution is -2.57. The zero-order chi connectivity index (χ0) is 28.0. The normalized spacial score (nSPS) is 27.2. The molecular formula is C29H46N6O4. The molecule has 4 rings (SSSR count). The first-order chi connectivity index (χ1) is 18.7. The summed E-state index contributed by atoms with van der Waals surface area (Å²) in [4.78, 5) is 42.1. The summed E-state index contributed by atoms with van der Waals surface area (Å²) in [7, 11) is 0. The SMILES string of the molecule is CCn1cc(NC(=O)CN2CCC3(C/C=C\C[C@@H]4COCC[C@@H]4NC(=O)[C@@H](CC(C)C)NC3=O)CC2)c(C)n1. The van der Waals surface area contributed by atoms with E-state index in [0.717, 1.165) is 30.8 Å². The van der Waals surface area contributed by atoms with E-state index in [-0.39, 0.29) is 42.1 Å². The molecule has 0 radical (unpaired) electrons. The van der Waals surface area contributed by atoms with Crippen LogP contribution in [0.25, 0.3) is 0 Å². The van der Waals surface area contributed by atoms with Crippen LogP contribution in [0.2, 0.25) is 0 Å². The Kier molecular flexibility index (Phi) is 9.82. The van der Waals surface area contributed by atoms with Crippen LogP contribution in [0.3, 0.4) is 0 Å². The van der Waals surface area contributed by atoms with Crippen LogP contribution in [0.1, 0.15) is 65.0 Å². The first kappa shape index (κ1) is 29.3. The molecule has 0 saturated carbocycles. The summed E-state index contributed by atoms with van der Waals surface area (Å²) >= 11 is 0. The van der Waals surface area contributed by atoms with Crippen molar-refractivity contribution in [1.82, 2.24) is 25.3 Å². The smallest absolute Gasteiger partial charge is 0.242 e. The molecule has 2 saturated heterocycles. The van der Waals surface area contributed by atoms with Gasteiger partial charge in [0.2, 0.25) is 17.7 Å². The van der Waals surface area contributed by atoms with Crippen molar-refractivity contribution in [3.05, 3.63) is 24.0 Å². The van der Waals surface area contributed by atoms with Gasteiger partial charge in [0, 0.05) is 31.3 Å². The Balaban J connectivity index is 1.43. The highest BCUT2D eigenvalue weighted by molar-refractivity contribution is 5.93. The fraction of sp³-hybridized carbons (Fsp3) is 0.724. The average molecular weight is 543 g/mol. The molecule has 1 spiro atoms. The minimum absolute atomic E-state index is 0.0521. The van der Waals surface area contributed by atoms with E-state index in [4.69, 9.17) is 4.74 Å². The lowest BCUT2D eigenvalue weighted by molar-refractivity contribution is -0.138. The highest BCUT2D eigenvalue weighted by Crippen LogP contribution is 2.37. The Labute approximate surface area is 232 Å². The number of rotatable bonds is 6. The van der Waals surface area contributed by atoms with Crippen molar-refractivity contribution in [1.29, 1.82) is 0 Å². The number of anilines is 1. The number of ether oxygens (including phenoxy) is 1. The van der Waals surface area contributed by atoms with Crippen molar-refractivity contribution in [2.45, 2.75) is 84.8 Å². The fourth-order valence-electron chi connectivity index (χ4n) is 5.96. The molecule has 0 unspecified atom stereocenters. The topological polar surface area (TPSA) is 118 Å². The highest BCUT2D eigenvalue weighted by atomic mass is 16.5. The summed E-state index contributed by atoms with van der Waals surface area (Å²) in [6, 6.07) is -0.498. The first-order valence-electron chi connectivity index (χ1n) is 14.6. The molecule has 3 N–H and O–H groups in total. The maximum atomic E-state index is 13.8. The molecule has 39 heavy (non-hydrogen) atoms. The van der Waals surface area contributed by atoms with E-state index in [1.54, 1.807) is 4.68 Å². The fourth-order valence-corrected chi connectivity index (χ4v) is 5.96. The summed E-state index contributed by atoms with van der Waals surface area (Å²) in [6.07, 6.45) is 10.2. The highest BCUT2D eigenvalue weighted by Gasteiger charge is 2.42. The van der Waals surface area contributed by atoms with Crippen LogP contribution in [0.4, 0.5) is 5.69 Å². The summed E-state index contributed by atoms with van der Waals surface area (Å²) < 4.78 is 7.52. The number of hydrogen-bond donors (Lipinski definition) is 3. The van der Waals surface area contributed by atoms with Gasteiger partial charge in [-0.15, -0.1) is 0 Å². The van der Waals surface area contributed by atoms with Gasteiger partial charge in [-0.1, -0.05) is 26.0 Å². The monoisotopic (exact) mass is 542 g/mol. The maximum Gasteiger partial charge on any atom is 0.242 e. The van der Waals surface area contributed by atoms with Crippen molar-refractivity contribution in [3.8, 4) is 0 Å². The summed E-state index contributed by atoms with van der Waals surface area (Å²) in [5.41, 5.74) is 0.935. The molecule has 3 atom stereocenters. The van der Waals surface area contributed by atoms with Crippen LogP contribution < -0.4 is 16.0 Å². The van der Waals surface area contributed by atoms with Crippen molar-refractivity contribution < 1.29 is 19.1 Å². The Morgan fingerprint density at radius 1 is 1.23 bits per heavy atom. The molecule has 0 aliphatic carbocycles. The average Bonchev–Trinajstić information content (AvgIpc) is 3.26. The lowest BCUT2D eigenvalue weighted by atomic mass is 9.74. The second-order valence-corrected chi connectivity index (χ2v) is 11.9. The number of piperidine rings is 1. The lowest BCUT2D eigenvalue weighted by Gasteiger charge is -2.41. The van der Waals surface area contributed by atoms with E-state index in [0.29, 0.717) is 52.0 Å². The minimum atomic E-state index is -0.598. The molecule has 0 bridgehead atoms. The summed E-state index contributed by atoms with van der Waals surface area (Å²) in [5, 5.41) is 13.8. The number of carbonyl (C=O) groups is 3. The van der Waals surface area contributed by atoms with E-state index < -0.39 is 11.5 Å². The first-order valence-corrected chi connectivity index (χ1v) is 14.6. The van der Waals surface area contributed by atoms with Crippen molar-refractivity contribution in [2.24, 2.45) is 17.3 Å². The number of aromatic nitrogens is 2. The molecule has 3 amide bonds. The Morgan fingerprint density at radius 3 is 2.69 bits per heavy atom. The van der Waals surface area contributed by atoms with Crippen molar-refractivity contribution >= 4 is 23.4 Å². The molecule has 216 valence electrons. The van der Waals surface area contributed by atoms with Gasteiger partial charge in [0.15, 0.2) is 0 Å². The van der Waals surface area contributed by atoms with E-state index in [1.807, 2.05) is 20.0 Å². The third-order valence-corrected chi connectivity index (χ3v) is 8.45. The number of hydrogen-bond acceptors (Lipinski definition) is 6. The molecule has 0 aromatic carbocycles. The predicted molar refractivity (Wildman–Crippen MR) is 150 cm³/mol. The number of allylic oxidation sites excluding steroid dienone is 2. The van der Waals surface area contributed by atoms with Gasteiger partial charge in [0.05, 0.1) is 29.9 Å². The predicted octanol–water partition coefficient (Wildman–Crippen LogP) is 2.63. The zero-order valence-corrected chi connectivity index (χ0v) is 24.0. The van der Waals surface area contributed by atoms with Crippen LogP contribution in [-0.2, 0) is 25.7 Å². The molecule has 10 heteroatoms. The van der Waals surface area contributed by atoms with Gasteiger partial charge >= 0.3 is 0 Å². The Hall–Kier alpha value is -2.72. The second-order valence-electron chi connectivity index (χ2n) is 11.9. The summed E-state index contributed by atoms with van der Waals surface area (Å²) in [6.45, 7) is 11.6. The quantitative estimate of drug-likeness (QED) is 0.476. The molecular weight excluding hydrogens is 496 g/mol. The number of nitrogens with one attached hydrogen (secondary N) is 3. The van der Waals surface area contributed by atoms with Gasteiger partial charge in [0.25, 0.3) is 0 Å². The third-order valence-electron chi connectivity index (χ3n) is 8.45. The van der Waals surface area contributed by atoms with E-state index in [1.165, 1.54) is 0 Å². The van der Waals surface area contributed by atoms with Crippen LogP contribution in [0, 0.1) is 24.2 Å². The van der Waals surface area contributed by atoms with Gasteiger partial charge in [-0.3, -0.25) is 24.0 Å². The van der Waals surface area contributed by atoms with Gasteiger partial charge in [0.1, 0.15) is 6.04 Å². The van der Waals surface area contributed by atoms with E-state index >= 15 is 0 Å². The molecule has 1 aromatic heterocycles. The number of aryl methyl sites for hydroxylation is 2. The minimum Gasteiger partial charge on any atom is -0.381 e. The van der Waals surface area contributed by atoms with Gasteiger partial charge in [-0.25, -0.2) is 0 Å². The van der Waals surface area contributed by atoms with Crippen molar-refractivity contribution in [2.75, 3.05) is 38.2 Å². The van der Waals surface area contributed by atoms with E-state index in [2.05, 4.69) is 51.9 Å². The van der Waals surface area contributed by atoms with Crippen LogP contribution in [0.5, 0.6) is 0 Å². The maximum absolute atomic E-state index is 13.8. The Morgan fingerprint density at radius 2 is 2.00 bits per heavy atom. The van der Waals surface area contributed by atoms with Gasteiger partial charge < -0.3 is 20.7 Å². The van der Waals surface area contributed by atoms with Crippen LogP contribution in [0.15, 0.2) is 18.3 Å². The second kappa shape index (κ2) is 13.1. The number of amides is 3. The molecule has 10 nitrogen and oxygen atoms in total. The van der Waals surface area contributed by atoms with Crippen LogP contribution >= 0.6 is 0 Å². The summed E-state index contributed by atoms with van der Waals surface area (Å²) in [5.74, 6) is 0.278. The van der Waals surface area contributed by atoms with Gasteiger partial charge in [-0.05, 0) is 71.4 Å². The molecule has 2 fully saturated rings. The number of nitrogens with zero attached hydrogens (tertiary/aromatic N) is 3. The van der Waals surface area contributed by atoms with E-state index in [9.17, 15) is 14.4 Å². The molecule has 4 heterocycles. The number of fused-ring (bicyclic) bond motifs is 1. The number of carbonyl (C=O) groups excluding carboxylic acids is 3. The van der Waals surface area contributed by atoms with Crippen LogP contribution in [-0.4, -0.2) is 77.3 Å².